The minimum absolute atomic E-state index is 0.0364. The summed E-state index contributed by atoms with van der Waals surface area (Å²) in [5.74, 6) is -0.578. The molecule has 0 amide bonds. The number of rotatable bonds is 5. The van der Waals surface area contributed by atoms with Crippen LogP contribution in [0.3, 0.4) is 0 Å². The molecule has 1 fully saturated rings. The standard InChI is InChI=1S/C16H32O4Si/c1-15(2,3)21(6,7)20-14-12-18-16(4,5)19-13(14)10-8-9-11-17/h8-9,13-14,17H,10-12H2,1-7H3/b9-8+/t13-,14+/m0/s1. The Bertz CT molecular complexity index is 358. The van der Waals surface area contributed by atoms with Crippen LogP contribution in [0.15, 0.2) is 12.2 Å². The van der Waals surface area contributed by atoms with E-state index in [1.807, 2.05) is 19.9 Å². The molecule has 0 unspecified atom stereocenters. The maximum absolute atomic E-state index is 8.88. The van der Waals surface area contributed by atoms with E-state index in [1.165, 1.54) is 0 Å². The molecule has 124 valence electrons. The quantitative estimate of drug-likeness (QED) is 0.623. The van der Waals surface area contributed by atoms with Gasteiger partial charge in [0.15, 0.2) is 14.1 Å². The van der Waals surface area contributed by atoms with Crippen LogP contribution in [0.1, 0.15) is 41.0 Å². The lowest BCUT2D eigenvalue weighted by Gasteiger charge is -2.46. The summed E-state index contributed by atoms with van der Waals surface area (Å²) in [5.41, 5.74) is 0. The lowest BCUT2D eigenvalue weighted by molar-refractivity contribution is -0.300. The Labute approximate surface area is 130 Å². The van der Waals surface area contributed by atoms with Gasteiger partial charge in [0.1, 0.15) is 0 Å². The molecule has 0 saturated carbocycles. The summed E-state index contributed by atoms with van der Waals surface area (Å²) in [7, 11) is -1.86. The first-order chi connectivity index (χ1) is 9.48. The highest BCUT2D eigenvalue weighted by molar-refractivity contribution is 6.74. The van der Waals surface area contributed by atoms with Crippen molar-refractivity contribution >= 4 is 8.32 Å². The van der Waals surface area contributed by atoms with Crippen LogP contribution in [0.4, 0.5) is 0 Å². The Balaban J connectivity index is 2.79. The second-order valence-corrected chi connectivity index (χ2v) is 12.4. The van der Waals surface area contributed by atoms with Crippen LogP contribution in [-0.2, 0) is 13.9 Å². The molecule has 1 rings (SSSR count). The molecule has 1 N–H and O–H groups in total. The molecule has 1 heterocycles. The summed E-state index contributed by atoms with van der Waals surface area (Å²) in [6.45, 7) is 15.6. The van der Waals surface area contributed by atoms with Crippen molar-refractivity contribution in [2.45, 2.75) is 77.2 Å². The molecule has 0 aromatic heterocycles. The number of hydrogen-bond acceptors (Lipinski definition) is 4. The first-order valence-electron chi connectivity index (χ1n) is 7.74. The summed E-state index contributed by atoms with van der Waals surface area (Å²) in [6.07, 6.45) is 4.34. The molecule has 5 heteroatoms. The van der Waals surface area contributed by atoms with E-state index in [0.717, 1.165) is 6.42 Å². The van der Waals surface area contributed by atoms with Gasteiger partial charge in [0.05, 0.1) is 25.4 Å². The normalized spacial score (nSPS) is 27.2. The third-order valence-electron chi connectivity index (χ3n) is 4.34. The molecule has 2 atom stereocenters. The van der Waals surface area contributed by atoms with Crippen molar-refractivity contribution in [3.63, 3.8) is 0 Å². The molecule has 0 spiro atoms. The van der Waals surface area contributed by atoms with E-state index < -0.39 is 14.1 Å². The largest absolute Gasteiger partial charge is 0.409 e. The Morgan fingerprint density at radius 1 is 1.29 bits per heavy atom. The molecule has 1 aliphatic heterocycles. The number of hydrogen-bond donors (Lipinski definition) is 1. The van der Waals surface area contributed by atoms with Crippen molar-refractivity contribution in [1.82, 2.24) is 0 Å². The highest BCUT2D eigenvalue weighted by Gasteiger charge is 2.44. The maximum atomic E-state index is 8.88. The van der Waals surface area contributed by atoms with Crippen molar-refractivity contribution in [3.8, 4) is 0 Å². The van der Waals surface area contributed by atoms with Crippen LogP contribution in [0, 0.1) is 0 Å². The number of aliphatic hydroxyl groups is 1. The van der Waals surface area contributed by atoms with Gasteiger partial charge in [0.25, 0.3) is 0 Å². The zero-order valence-corrected chi connectivity index (χ0v) is 15.6. The lowest BCUT2D eigenvalue weighted by atomic mass is 10.1. The summed E-state index contributed by atoms with van der Waals surface area (Å²) in [5, 5.41) is 9.04. The summed E-state index contributed by atoms with van der Waals surface area (Å²) in [4.78, 5) is 0. The third kappa shape index (κ3) is 5.49. The second-order valence-electron chi connectivity index (χ2n) is 7.67. The zero-order valence-electron chi connectivity index (χ0n) is 14.6. The third-order valence-corrected chi connectivity index (χ3v) is 8.84. The van der Waals surface area contributed by atoms with Gasteiger partial charge in [-0.25, -0.2) is 0 Å². The fourth-order valence-corrected chi connectivity index (χ4v) is 3.36. The minimum Gasteiger partial charge on any atom is -0.409 e. The maximum Gasteiger partial charge on any atom is 0.192 e. The van der Waals surface area contributed by atoms with E-state index >= 15 is 0 Å². The predicted molar refractivity (Wildman–Crippen MR) is 87.8 cm³/mol. The van der Waals surface area contributed by atoms with Crippen molar-refractivity contribution in [3.05, 3.63) is 12.2 Å². The molecule has 0 aliphatic carbocycles. The van der Waals surface area contributed by atoms with Gasteiger partial charge in [-0.05, 0) is 38.4 Å². The highest BCUT2D eigenvalue weighted by atomic mass is 28.4. The molecule has 0 aromatic carbocycles. The van der Waals surface area contributed by atoms with E-state index in [4.69, 9.17) is 19.0 Å². The molecular formula is C16H32O4Si. The molecule has 4 nitrogen and oxygen atoms in total. The molecule has 0 radical (unpaired) electrons. The average Bonchev–Trinajstić information content (AvgIpc) is 2.31. The van der Waals surface area contributed by atoms with Crippen LogP contribution in [0.5, 0.6) is 0 Å². The van der Waals surface area contributed by atoms with Gasteiger partial charge in [-0.2, -0.15) is 0 Å². The predicted octanol–water partition coefficient (Wildman–Crippen LogP) is 3.47. The number of aliphatic hydroxyl groups excluding tert-OH is 1. The highest BCUT2D eigenvalue weighted by Crippen LogP contribution is 2.39. The van der Waals surface area contributed by atoms with Crippen molar-refractivity contribution < 1.29 is 19.0 Å². The van der Waals surface area contributed by atoms with Crippen molar-refractivity contribution in [2.75, 3.05) is 13.2 Å². The van der Waals surface area contributed by atoms with E-state index in [-0.39, 0.29) is 23.9 Å². The monoisotopic (exact) mass is 316 g/mol. The molecule has 0 aromatic rings. The van der Waals surface area contributed by atoms with Crippen LogP contribution < -0.4 is 0 Å². The van der Waals surface area contributed by atoms with Gasteiger partial charge >= 0.3 is 0 Å². The van der Waals surface area contributed by atoms with Crippen LogP contribution in [-0.4, -0.2) is 44.6 Å². The number of ether oxygens (including phenoxy) is 2. The van der Waals surface area contributed by atoms with Gasteiger partial charge in [-0.3, -0.25) is 0 Å². The van der Waals surface area contributed by atoms with E-state index in [1.54, 1.807) is 6.08 Å². The van der Waals surface area contributed by atoms with E-state index in [9.17, 15) is 0 Å². The van der Waals surface area contributed by atoms with Crippen LogP contribution >= 0.6 is 0 Å². The summed E-state index contributed by atoms with van der Waals surface area (Å²) >= 11 is 0. The van der Waals surface area contributed by atoms with Crippen molar-refractivity contribution in [1.29, 1.82) is 0 Å². The summed E-state index contributed by atoms with van der Waals surface area (Å²) < 4.78 is 18.3. The first kappa shape index (κ1) is 18.8. The van der Waals surface area contributed by atoms with E-state index in [0.29, 0.717) is 6.61 Å². The van der Waals surface area contributed by atoms with Gasteiger partial charge in [0.2, 0.25) is 0 Å². The smallest absolute Gasteiger partial charge is 0.192 e. The van der Waals surface area contributed by atoms with E-state index in [2.05, 4.69) is 33.9 Å². The SMILES string of the molecule is CC1(C)OC[C@@H](O[Si](C)(C)C(C)(C)C)[C@H](C/C=C/CO)O1. The zero-order chi connectivity index (χ0) is 16.3. The Hall–Kier alpha value is -0.203. The fourth-order valence-electron chi connectivity index (χ4n) is 2.03. The van der Waals surface area contributed by atoms with Gasteiger partial charge < -0.3 is 19.0 Å². The fraction of sp³-hybridized carbons (Fsp3) is 0.875. The van der Waals surface area contributed by atoms with Crippen LogP contribution in [0.2, 0.25) is 18.1 Å². The first-order valence-corrected chi connectivity index (χ1v) is 10.6. The van der Waals surface area contributed by atoms with Crippen LogP contribution in [0.25, 0.3) is 0 Å². The van der Waals surface area contributed by atoms with Gasteiger partial charge in [-0.1, -0.05) is 32.9 Å². The molecule has 1 aliphatic rings. The molecule has 1 saturated heterocycles. The second kappa shape index (κ2) is 6.92. The Morgan fingerprint density at radius 3 is 2.43 bits per heavy atom. The lowest BCUT2D eigenvalue weighted by Crippen LogP contribution is -2.55. The average molecular weight is 317 g/mol. The molecular weight excluding hydrogens is 284 g/mol. The van der Waals surface area contributed by atoms with Gasteiger partial charge in [0, 0.05) is 0 Å². The van der Waals surface area contributed by atoms with Gasteiger partial charge in [-0.15, -0.1) is 0 Å². The topological polar surface area (TPSA) is 47.9 Å². The Kier molecular flexibility index (Phi) is 6.21. The molecule has 21 heavy (non-hydrogen) atoms. The minimum atomic E-state index is -1.86. The Morgan fingerprint density at radius 2 is 1.90 bits per heavy atom. The van der Waals surface area contributed by atoms with Crippen molar-refractivity contribution in [2.24, 2.45) is 0 Å². The molecule has 0 bridgehead atoms. The summed E-state index contributed by atoms with van der Waals surface area (Å²) in [6, 6.07) is 0.